The molecule has 0 aromatic heterocycles. The Kier molecular flexibility index (Phi) is 1.81. The zero-order chi connectivity index (χ0) is 7.56. The van der Waals surface area contributed by atoms with Crippen molar-refractivity contribution in [1.82, 2.24) is 0 Å². The fourth-order valence-electron chi connectivity index (χ4n) is 0.642. The molecule has 0 saturated carbocycles. The fourth-order valence-corrected chi connectivity index (χ4v) is 0.642. The Morgan fingerprint density at radius 2 is 2.00 bits per heavy atom. The summed E-state index contributed by atoms with van der Waals surface area (Å²) in [5.41, 5.74) is 0.0833. The van der Waals surface area contributed by atoms with E-state index in [0.717, 1.165) is 24.3 Å². The first kappa shape index (κ1) is 6.93. The molecule has 0 fully saturated rings. The van der Waals surface area contributed by atoms with Crippen LogP contribution in [0.5, 0.6) is 0 Å². The molecule has 0 atom stereocenters. The SMILES string of the molecule is [CH]=Cc1cc(F)ccc1F. The van der Waals surface area contributed by atoms with Crippen molar-refractivity contribution in [3.63, 3.8) is 0 Å². The van der Waals surface area contributed by atoms with Crippen LogP contribution in [0.4, 0.5) is 8.78 Å². The van der Waals surface area contributed by atoms with E-state index >= 15 is 0 Å². The van der Waals surface area contributed by atoms with Gasteiger partial charge in [-0.3, -0.25) is 0 Å². The second-order valence-electron chi connectivity index (χ2n) is 1.83. The maximum Gasteiger partial charge on any atom is 0.130 e. The van der Waals surface area contributed by atoms with Crippen molar-refractivity contribution < 1.29 is 8.78 Å². The third-order valence-electron chi connectivity index (χ3n) is 1.14. The van der Waals surface area contributed by atoms with Crippen LogP contribution in [-0.2, 0) is 0 Å². The van der Waals surface area contributed by atoms with Crippen molar-refractivity contribution >= 4 is 6.08 Å². The summed E-state index contributed by atoms with van der Waals surface area (Å²) in [7, 11) is 0. The van der Waals surface area contributed by atoms with Gasteiger partial charge in [0.25, 0.3) is 0 Å². The highest BCUT2D eigenvalue weighted by molar-refractivity contribution is 5.46. The fraction of sp³-hybridized carbons (Fsp3) is 0. The van der Waals surface area contributed by atoms with Gasteiger partial charge in [0.1, 0.15) is 11.6 Å². The number of halogens is 2. The van der Waals surface area contributed by atoms with Gasteiger partial charge < -0.3 is 0 Å². The van der Waals surface area contributed by atoms with E-state index in [2.05, 4.69) is 0 Å². The molecule has 0 aliphatic rings. The summed E-state index contributed by atoms with van der Waals surface area (Å²) >= 11 is 0. The Morgan fingerprint density at radius 1 is 1.30 bits per heavy atom. The predicted molar refractivity (Wildman–Crippen MR) is 35.1 cm³/mol. The molecule has 10 heavy (non-hydrogen) atoms. The van der Waals surface area contributed by atoms with Crippen LogP contribution in [0.3, 0.4) is 0 Å². The molecule has 51 valence electrons. The van der Waals surface area contributed by atoms with Crippen LogP contribution in [0.15, 0.2) is 18.2 Å². The highest BCUT2D eigenvalue weighted by Gasteiger charge is 1.97. The first-order valence-corrected chi connectivity index (χ1v) is 2.74. The Hall–Kier alpha value is -1.18. The topological polar surface area (TPSA) is 0 Å². The van der Waals surface area contributed by atoms with Crippen LogP contribution in [0, 0.1) is 18.2 Å². The molecule has 1 radical (unpaired) electrons. The Balaban J connectivity index is 3.21. The summed E-state index contributed by atoms with van der Waals surface area (Å²) in [6.45, 7) is 4.99. The van der Waals surface area contributed by atoms with E-state index in [0.29, 0.717) is 0 Å². The first-order valence-electron chi connectivity index (χ1n) is 2.74. The predicted octanol–water partition coefficient (Wildman–Crippen LogP) is 2.41. The molecular weight excluding hydrogens is 134 g/mol. The van der Waals surface area contributed by atoms with Crippen molar-refractivity contribution in [2.24, 2.45) is 0 Å². The average molecular weight is 139 g/mol. The third kappa shape index (κ3) is 1.21. The molecule has 2 heteroatoms. The van der Waals surface area contributed by atoms with Crippen LogP contribution in [0.1, 0.15) is 5.56 Å². The van der Waals surface area contributed by atoms with Crippen molar-refractivity contribution in [2.45, 2.75) is 0 Å². The lowest BCUT2D eigenvalue weighted by Crippen LogP contribution is -1.82. The van der Waals surface area contributed by atoms with Crippen molar-refractivity contribution in [1.29, 1.82) is 0 Å². The number of hydrogen-bond acceptors (Lipinski definition) is 0. The minimum Gasteiger partial charge on any atom is -0.207 e. The Labute approximate surface area is 57.8 Å². The van der Waals surface area contributed by atoms with Gasteiger partial charge in [0.2, 0.25) is 0 Å². The highest BCUT2D eigenvalue weighted by atomic mass is 19.1. The van der Waals surface area contributed by atoms with Gasteiger partial charge in [-0.2, -0.15) is 0 Å². The molecule has 1 aromatic rings. The molecule has 0 aliphatic heterocycles. The molecule has 1 rings (SSSR count). The van der Waals surface area contributed by atoms with Crippen LogP contribution in [0.25, 0.3) is 6.08 Å². The molecule has 0 unspecified atom stereocenters. The number of hydrogen-bond donors (Lipinski definition) is 0. The zero-order valence-corrected chi connectivity index (χ0v) is 5.14. The molecule has 0 bridgehead atoms. The molecule has 0 heterocycles. The molecule has 1 aromatic carbocycles. The van der Waals surface area contributed by atoms with Gasteiger partial charge in [-0.1, -0.05) is 12.7 Å². The summed E-state index contributed by atoms with van der Waals surface area (Å²) in [5, 5.41) is 0. The number of benzene rings is 1. The largest absolute Gasteiger partial charge is 0.207 e. The summed E-state index contributed by atoms with van der Waals surface area (Å²) < 4.78 is 24.8. The highest BCUT2D eigenvalue weighted by Crippen LogP contribution is 2.09. The van der Waals surface area contributed by atoms with E-state index in [1.807, 2.05) is 0 Å². The Morgan fingerprint density at radius 3 is 2.50 bits per heavy atom. The maximum atomic E-state index is 12.5. The van der Waals surface area contributed by atoms with Crippen molar-refractivity contribution in [3.05, 3.63) is 42.0 Å². The van der Waals surface area contributed by atoms with Crippen LogP contribution in [-0.4, -0.2) is 0 Å². The molecule has 0 N–H and O–H groups in total. The standard InChI is InChI=1S/C8H5F2/c1-2-6-5-7(9)3-4-8(6)10/h1-5H. The lowest BCUT2D eigenvalue weighted by atomic mass is 10.2. The molecule has 0 nitrogen and oxygen atoms in total. The zero-order valence-electron chi connectivity index (χ0n) is 5.14. The maximum absolute atomic E-state index is 12.5. The van der Waals surface area contributed by atoms with Gasteiger partial charge in [-0.15, -0.1) is 0 Å². The van der Waals surface area contributed by atoms with E-state index in [9.17, 15) is 8.78 Å². The van der Waals surface area contributed by atoms with Gasteiger partial charge in [-0.05, 0) is 18.2 Å². The molecule has 0 spiro atoms. The van der Waals surface area contributed by atoms with E-state index in [-0.39, 0.29) is 5.56 Å². The summed E-state index contributed by atoms with van der Waals surface area (Å²) in [4.78, 5) is 0. The molecule has 0 saturated heterocycles. The van der Waals surface area contributed by atoms with Crippen molar-refractivity contribution in [3.8, 4) is 0 Å². The average Bonchev–Trinajstić information content (AvgIpc) is 1.94. The van der Waals surface area contributed by atoms with Crippen LogP contribution < -0.4 is 0 Å². The van der Waals surface area contributed by atoms with Crippen molar-refractivity contribution in [2.75, 3.05) is 0 Å². The second-order valence-corrected chi connectivity index (χ2v) is 1.83. The van der Waals surface area contributed by atoms with E-state index in [4.69, 9.17) is 6.58 Å². The first-order chi connectivity index (χ1) is 4.74. The monoisotopic (exact) mass is 139 g/mol. The van der Waals surface area contributed by atoms with Crippen LogP contribution >= 0.6 is 0 Å². The van der Waals surface area contributed by atoms with Crippen LogP contribution in [0.2, 0.25) is 0 Å². The van der Waals surface area contributed by atoms with E-state index < -0.39 is 11.6 Å². The quantitative estimate of drug-likeness (QED) is 0.560. The lowest BCUT2D eigenvalue weighted by molar-refractivity contribution is 0.598. The van der Waals surface area contributed by atoms with E-state index in [1.54, 1.807) is 0 Å². The van der Waals surface area contributed by atoms with E-state index in [1.165, 1.54) is 0 Å². The molecular formula is C8H5F2. The van der Waals surface area contributed by atoms with Gasteiger partial charge in [0.05, 0.1) is 0 Å². The third-order valence-corrected chi connectivity index (χ3v) is 1.14. The lowest BCUT2D eigenvalue weighted by Gasteiger charge is -1.93. The van der Waals surface area contributed by atoms with Gasteiger partial charge in [0, 0.05) is 5.56 Å². The molecule has 0 aliphatic carbocycles. The minimum atomic E-state index is -0.510. The molecule has 0 amide bonds. The normalized spacial score (nSPS) is 9.40. The minimum absolute atomic E-state index is 0.0833. The number of rotatable bonds is 1. The Bertz CT molecular complexity index is 253. The second kappa shape index (κ2) is 2.60. The smallest absolute Gasteiger partial charge is 0.130 e. The summed E-state index contributed by atoms with van der Waals surface area (Å²) in [6, 6.07) is 3.12. The van der Waals surface area contributed by atoms with Gasteiger partial charge in [0.15, 0.2) is 0 Å². The summed E-state index contributed by atoms with van der Waals surface area (Å²) in [6.07, 6.45) is 1.03. The van der Waals surface area contributed by atoms with Gasteiger partial charge in [-0.25, -0.2) is 8.78 Å². The van der Waals surface area contributed by atoms with Gasteiger partial charge >= 0.3 is 0 Å². The summed E-state index contributed by atoms with van der Waals surface area (Å²) in [5.74, 6) is -0.998.